The predicted molar refractivity (Wildman–Crippen MR) is 208 cm³/mol. The molecule has 1 aromatic heterocycles. The minimum Gasteiger partial charge on any atom is -0.275 e. The lowest BCUT2D eigenvalue weighted by Gasteiger charge is -2.12. The van der Waals surface area contributed by atoms with Gasteiger partial charge >= 0.3 is 0 Å². The van der Waals surface area contributed by atoms with Gasteiger partial charge in [-0.1, -0.05) is 157 Å². The van der Waals surface area contributed by atoms with Gasteiger partial charge in [-0.3, -0.25) is 4.57 Å². The van der Waals surface area contributed by atoms with Gasteiger partial charge in [0.05, 0.1) is 5.69 Å². The van der Waals surface area contributed by atoms with Gasteiger partial charge in [-0.25, -0.2) is 0 Å². The van der Waals surface area contributed by atoms with Crippen molar-refractivity contribution in [1.29, 1.82) is 0 Å². The maximum absolute atomic E-state index is 6.10. The smallest absolute Gasteiger partial charge is 0.168 e. The molecule has 0 amide bonds. The van der Waals surface area contributed by atoms with Crippen LogP contribution in [-0.2, 0) is 0 Å². The fraction of sp³-hybridized carbons (Fsp3) is 0. The molecule has 5 nitrogen and oxygen atoms in total. The molecule has 0 saturated heterocycles. The molecule has 0 aliphatic carbocycles. The third kappa shape index (κ3) is 9.34. The minimum atomic E-state index is 0.277. The first-order valence-corrected chi connectivity index (χ1v) is 18.1. The van der Waals surface area contributed by atoms with Crippen LogP contribution in [0.25, 0.3) is 28.5 Å². The molecule has 0 unspecified atom stereocenters. The summed E-state index contributed by atoms with van der Waals surface area (Å²) < 4.78 is 6.93. The molecule has 1 heterocycles. The van der Waals surface area contributed by atoms with Crippen molar-refractivity contribution in [1.82, 2.24) is 14.8 Å². The molecule has 0 spiro atoms. The van der Waals surface area contributed by atoms with Crippen molar-refractivity contribution in [3.8, 4) is 28.5 Å². The molecule has 0 N–H and O–H groups in total. The van der Waals surface area contributed by atoms with E-state index in [4.69, 9.17) is 23.2 Å². The Balaban J connectivity index is 0.000000188. The van der Waals surface area contributed by atoms with Crippen molar-refractivity contribution in [2.24, 2.45) is 10.2 Å². The zero-order chi connectivity index (χ0) is 32.6. The number of halogens is 7. The summed E-state index contributed by atoms with van der Waals surface area (Å²) in [5.74, 6) is 1.58. The zero-order valence-corrected chi connectivity index (χ0v) is 32.9. The standard InChI is InChI=1S/C20H12Br3N3.C14H8Br2Cl2N2/c21-15-6-1-4-13(10-15)19-24-25-20(14-5-2-7-16(22)11-14)26(19)18-9-3-8-17(23)12-18;15-11-5-1-3-9(7-11)13(17)19-20-14(18)10-4-2-6-12(16)8-10/h1-12H;1-8H. The van der Waals surface area contributed by atoms with Crippen LogP contribution in [-0.4, -0.2) is 25.1 Å². The Bertz CT molecular complexity index is 1940. The van der Waals surface area contributed by atoms with E-state index in [0.29, 0.717) is 0 Å². The average molecular weight is 969 g/mol. The third-order valence-electron chi connectivity index (χ3n) is 6.25. The number of hydrogen-bond acceptors (Lipinski definition) is 4. The highest BCUT2D eigenvalue weighted by atomic mass is 79.9. The molecule has 6 rings (SSSR count). The molecule has 0 saturated carbocycles. The lowest BCUT2D eigenvalue weighted by molar-refractivity contribution is 1.07. The first kappa shape index (κ1) is 34.9. The first-order chi connectivity index (χ1) is 22.2. The summed E-state index contributed by atoms with van der Waals surface area (Å²) in [5.41, 5.74) is 4.52. The van der Waals surface area contributed by atoms with E-state index in [1.54, 1.807) is 0 Å². The van der Waals surface area contributed by atoms with Gasteiger partial charge in [-0.2, -0.15) is 0 Å². The maximum Gasteiger partial charge on any atom is 0.168 e. The van der Waals surface area contributed by atoms with Crippen molar-refractivity contribution in [3.63, 3.8) is 0 Å². The topological polar surface area (TPSA) is 55.4 Å². The lowest BCUT2D eigenvalue weighted by Crippen LogP contribution is -2.00. The molecular weight excluding hydrogens is 949 g/mol. The number of aromatic nitrogens is 3. The fourth-order valence-electron chi connectivity index (χ4n) is 4.21. The third-order valence-corrected chi connectivity index (χ3v) is 9.30. The highest BCUT2D eigenvalue weighted by molar-refractivity contribution is 9.11. The van der Waals surface area contributed by atoms with Crippen LogP contribution >= 0.6 is 103 Å². The highest BCUT2D eigenvalue weighted by Gasteiger charge is 2.18. The Hall–Kier alpha value is -2.44. The fourth-order valence-corrected chi connectivity index (χ4v) is 6.50. The lowest BCUT2D eigenvalue weighted by atomic mass is 10.1. The molecule has 46 heavy (non-hydrogen) atoms. The van der Waals surface area contributed by atoms with Crippen molar-refractivity contribution in [3.05, 3.63) is 155 Å². The summed E-state index contributed by atoms with van der Waals surface area (Å²) in [6.07, 6.45) is 0. The van der Waals surface area contributed by atoms with E-state index in [1.807, 2.05) is 109 Å². The van der Waals surface area contributed by atoms with Gasteiger partial charge < -0.3 is 0 Å². The van der Waals surface area contributed by atoms with Gasteiger partial charge in [0, 0.05) is 44.6 Å². The van der Waals surface area contributed by atoms with Crippen LogP contribution in [0.5, 0.6) is 0 Å². The van der Waals surface area contributed by atoms with Crippen LogP contribution in [0.3, 0.4) is 0 Å². The molecule has 0 fully saturated rings. The van der Waals surface area contributed by atoms with E-state index in [-0.39, 0.29) is 10.3 Å². The van der Waals surface area contributed by atoms with E-state index >= 15 is 0 Å². The summed E-state index contributed by atoms with van der Waals surface area (Å²) in [6.45, 7) is 0. The van der Waals surface area contributed by atoms with E-state index in [2.05, 4.69) is 117 Å². The van der Waals surface area contributed by atoms with Gasteiger partial charge in [0.25, 0.3) is 0 Å². The van der Waals surface area contributed by atoms with E-state index in [0.717, 1.165) is 62.0 Å². The normalized spacial score (nSPS) is 11.6. The maximum atomic E-state index is 6.10. The highest BCUT2D eigenvalue weighted by Crippen LogP contribution is 2.31. The van der Waals surface area contributed by atoms with E-state index in [1.165, 1.54) is 0 Å². The van der Waals surface area contributed by atoms with Crippen LogP contribution in [0.2, 0.25) is 0 Å². The van der Waals surface area contributed by atoms with Crippen LogP contribution in [0.15, 0.2) is 154 Å². The summed E-state index contributed by atoms with van der Waals surface area (Å²) in [4.78, 5) is 0. The van der Waals surface area contributed by atoms with Crippen molar-refractivity contribution in [2.75, 3.05) is 0 Å². The number of hydrogen-bond donors (Lipinski definition) is 0. The minimum absolute atomic E-state index is 0.277. The molecule has 0 aliphatic heterocycles. The molecule has 5 aromatic carbocycles. The van der Waals surface area contributed by atoms with Gasteiger partial charge in [-0.05, 0) is 66.7 Å². The SMILES string of the molecule is Brc1cccc(-c2nnc(-c3cccc(Br)c3)n2-c2cccc(Br)c2)c1.ClC(=NN=C(Cl)c1cccc(Br)c1)c1cccc(Br)c1. The molecule has 6 aromatic rings. The van der Waals surface area contributed by atoms with Gasteiger partial charge in [0.15, 0.2) is 22.0 Å². The van der Waals surface area contributed by atoms with Crippen molar-refractivity contribution >= 4 is 113 Å². The summed E-state index contributed by atoms with van der Waals surface area (Å²) in [6, 6.07) is 39.2. The van der Waals surface area contributed by atoms with E-state index < -0.39 is 0 Å². The molecule has 0 bridgehead atoms. The van der Waals surface area contributed by atoms with E-state index in [9.17, 15) is 0 Å². The second kappa shape index (κ2) is 16.6. The van der Waals surface area contributed by atoms with Gasteiger partial charge in [0.1, 0.15) is 0 Å². The van der Waals surface area contributed by atoms with Crippen LogP contribution < -0.4 is 0 Å². The summed E-state index contributed by atoms with van der Waals surface area (Å²) in [7, 11) is 0. The number of nitrogens with zero attached hydrogens (tertiary/aromatic N) is 5. The second-order valence-electron chi connectivity index (χ2n) is 9.49. The number of benzene rings is 5. The van der Waals surface area contributed by atoms with Crippen LogP contribution in [0.1, 0.15) is 11.1 Å². The Kier molecular flexibility index (Phi) is 12.6. The molecule has 0 aliphatic rings. The van der Waals surface area contributed by atoms with Crippen LogP contribution in [0.4, 0.5) is 0 Å². The van der Waals surface area contributed by atoms with Crippen molar-refractivity contribution in [2.45, 2.75) is 0 Å². The second-order valence-corrected chi connectivity index (χ2v) is 14.8. The molecule has 0 atom stereocenters. The largest absolute Gasteiger partial charge is 0.275 e. The summed E-state index contributed by atoms with van der Waals surface area (Å²) >= 11 is 29.6. The van der Waals surface area contributed by atoms with Crippen molar-refractivity contribution < 1.29 is 0 Å². The zero-order valence-electron chi connectivity index (χ0n) is 23.4. The quantitative estimate of drug-likeness (QED) is 0.123. The molecule has 0 radical (unpaired) electrons. The number of rotatable bonds is 6. The van der Waals surface area contributed by atoms with Gasteiger partial charge in [-0.15, -0.1) is 20.4 Å². The molecular formula is C34H20Br5Cl2N5. The molecule has 230 valence electrons. The monoisotopic (exact) mass is 963 g/mol. The Labute approximate surface area is 318 Å². The van der Waals surface area contributed by atoms with Gasteiger partial charge in [0.2, 0.25) is 0 Å². The Morgan fingerprint density at radius 3 is 1.24 bits per heavy atom. The predicted octanol–water partition coefficient (Wildman–Crippen LogP) is 12.7. The molecule has 12 heteroatoms. The average Bonchev–Trinajstić information content (AvgIpc) is 3.49. The first-order valence-electron chi connectivity index (χ1n) is 13.4. The Morgan fingerprint density at radius 2 is 0.848 bits per heavy atom. The Morgan fingerprint density at radius 1 is 0.478 bits per heavy atom. The van der Waals surface area contributed by atoms with Crippen LogP contribution in [0, 0.1) is 0 Å². The summed E-state index contributed by atoms with van der Waals surface area (Å²) in [5, 5.41) is 17.4.